The molecule has 14 heavy (non-hydrogen) atoms. The average Bonchev–Trinajstić information content (AvgIpc) is 2.01. The minimum Gasteiger partial charge on any atom is -0.502 e. The molecule has 1 rings (SSSR count). The lowest BCUT2D eigenvalue weighted by atomic mass is 10.3. The molecule has 0 saturated heterocycles. The van der Waals surface area contributed by atoms with E-state index in [2.05, 4.69) is 17.5 Å². The van der Waals surface area contributed by atoms with Gasteiger partial charge in [-0.25, -0.2) is 0 Å². The minimum absolute atomic E-state index is 0.00868. The van der Waals surface area contributed by atoms with Gasteiger partial charge in [-0.05, 0) is 30.4 Å². The Kier molecular flexibility index (Phi) is 4.45. The van der Waals surface area contributed by atoms with E-state index >= 15 is 0 Å². The lowest BCUT2D eigenvalue weighted by Crippen LogP contribution is -2.06. The number of halogens is 2. The molecule has 76 valence electrons. The van der Waals surface area contributed by atoms with E-state index in [0.717, 1.165) is 5.69 Å². The summed E-state index contributed by atoms with van der Waals surface area (Å²) in [6.45, 7) is 0.562. The van der Waals surface area contributed by atoms with Gasteiger partial charge >= 0.3 is 0 Å². The third kappa shape index (κ3) is 4.13. The number of benzene rings is 1. The zero-order valence-electron chi connectivity index (χ0n) is 7.26. The Bertz CT molecular complexity index is 323. The third-order valence-electron chi connectivity index (χ3n) is 1.53. The summed E-state index contributed by atoms with van der Waals surface area (Å²) in [4.78, 5) is 0. The molecular weight excluding hydrogens is 241 g/mol. The van der Waals surface area contributed by atoms with Gasteiger partial charge < -0.3 is 10.4 Å². The fourth-order valence-electron chi connectivity index (χ4n) is 0.970. The highest BCUT2D eigenvalue weighted by atomic mass is 35.5. The molecule has 1 aromatic carbocycles. The molecule has 0 saturated carbocycles. The van der Waals surface area contributed by atoms with E-state index < -0.39 is 0 Å². The molecule has 0 atom stereocenters. The molecule has 0 heterocycles. The Morgan fingerprint density at radius 2 is 1.86 bits per heavy atom. The van der Waals surface area contributed by atoms with Crippen LogP contribution >= 0.6 is 35.4 Å². The summed E-state index contributed by atoms with van der Waals surface area (Å²) in [6.07, 6.45) is 0.430. The van der Waals surface area contributed by atoms with Gasteiger partial charge in [0.15, 0.2) is 5.05 Å². The van der Waals surface area contributed by atoms with Gasteiger partial charge in [-0.1, -0.05) is 23.2 Å². The van der Waals surface area contributed by atoms with Gasteiger partial charge in [0, 0.05) is 28.7 Å². The van der Waals surface area contributed by atoms with Crippen LogP contribution in [0.5, 0.6) is 0 Å². The molecule has 2 nitrogen and oxygen atoms in total. The van der Waals surface area contributed by atoms with Crippen molar-refractivity contribution < 1.29 is 5.11 Å². The minimum atomic E-state index is -0.00868. The van der Waals surface area contributed by atoms with Crippen LogP contribution in [-0.2, 0) is 0 Å². The number of thiocarbonyl (C=S) groups is 1. The SMILES string of the molecule is OC(=S)CCNc1cc(Cl)cc(Cl)c1. The summed E-state index contributed by atoms with van der Waals surface area (Å²) in [5.74, 6) is 0. The van der Waals surface area contributed by atoms with E-state index in [-0.39, 0.29) is 5.05 Å². The molecule has 0 radical (unpaired) electrons. The zero-order valence-corrected chi connectivity index (χ0v) is 9.59. The monoisotopic (exact) mass is 249 g/mol. The fourth-order valence-corrected chi connectivity index (χ4v) is 1.60. The molecule has 0 aliphatic heterocycles. The molecule has 0 spiro atoms. The van der Waals surface area contributed by atoms with Crippen LogP contribution in [0.4, 0.5) is 5.69 Å². The first-order valence-corrected chi connectivity index (χ1v) is 5.16. The molecule has 5 heteroatoms. The molecule has 0 aliphatic carbocycles. The largest absolute Gasteiger partial charge is 0.502 e. The molecule has 1 aromatic rings. The maximum Gasteiger partial charge on any atom is 0.158 e. The van der Waals surface area contributed by atoms with Crippen molar-refractivity contribution in [3.63, 3.8) is 0 Å². The summed E-state index contributed by atoms with van der Waals surface area (Å²) in [6, 6.07) is 5.17. The molecule has 0 bridgehead atoms. The van der Waals surface area contributed by atoms with Crippen molar-refractivity contribution >= 4 is 46.2 Å². The second-order valence-corrected chi connectivity index (χ2v) is 4.07. The molecule has 0 fully saturated rings. The van der Waals surface area contributed by atoms with Crippen molar-refractivity contribution in [3.05, 3.63) is 28.2 Å². The van der Waals surface area contributed by atoms with E-state index in [1.165, 1.54) is 0 Å². The topological polar surface area (TPSA) is 32.3 Å². The van der Waals surface area contributed by atoms with E-state index in [9.17, 15) is 0 Å². The lowest BCUT2D eigenvalue weighted by Gasteiger charge is -2.06. The highest BCUT2D eigenvalue weighted by molar-refractivity contribution is 7.80. The predicted molar refractivity (Wildman–Crippen MR) is 64.8 cm³/mol. The van der Waals surface area contributed by atoms with Crippen molar-refractivity contribution in [1.29, 1.82) is 0 Å². The van der Waals surface area contributed by atoms with E-state index in [0.29, 0.717) is 23.0 Å². The Hall–Kier alpha value is -0.510. The van der Waals surface area contributed by atoms with Crippen LogP contribution in [0.25, 0.3) is 0 Å². The van der Waals surface area contributed by atoms with Crippen LogP contribution < -0.4 is 5.32 Å². The number of anilines is 1. The Labute approximate surface area is 97.8 Å². The number of aliphatic hydroxyl groups is 1. The average molecular weight is 250 g/mol. The highest BCUT2D eigenvalue weighted by Crippen LogP contribution is 2.22. The van der Waals surface area contributed by atoms with Crippen LogP contribution in [0.15, 0.2) is 18.2 Å². The summed E-state index contributed by atoms with van der Waals surface area (Å²) < 4.78 is 0. The first-order chi connectivity index (χ1) is 6.58. The number of rotatable bonds is 4. The Balaban J connectivity index is 2.54. The summed E-state index contributed by atoms with van der Waals surface area (Å²) in [7, 11) is 0. The van der Waals surface area contributed by atoms with E-state index in [1.54, 1.807) is 18.2 Å². The van der Waals surface area contributed by atoms with Gasteiger partial charge in [-0.15, -0.1) is 0 Å². The predicted octanol–water partition coefficient (Wildman–Crippen LogP) is 3.68. The van der Waals surface area contributed by atoms with Gasteiger partial charge in [0.25, 0.3) is 0 Å². The van der Waals surface area contributed by atoms with Crippen LogP contribution in [0, 0.1) is 0 Å². The van der Waals surface area contributed by atoms with E-state index in [4.69, 9.17) is 28.3 Å². The maximum atomic E-state index is 8.78. The van der Waals surface area contributed by atoms with E-state index in [1.807, 2.05) is 0 Å². The van der Waals surface area contributed by atoms with Gasteiger partial charge in [-0.2, -0.15) is 0 Å². The van der Waals surface area contributed by atoms with Crippen LogP contribution in [0.3, 0.4) is 0 Å². The molecule has 2 N–H and O–H groups in total. The number of hydrogen-bond donors (Lipinski definition) is 2. The first-order valence-electron chi connectivity index (χ1n) is 3.99. The molecule has 0 amide bonds. The lowest BCUT2D eigenvalue weighted by molar-refractivity contribution is 0.551. The molecule has 0 aliphatic rings. The molecule has 0 aromatic heterocycles. The molecule has 0 unspecified atom stereocenters. The van der Waals surface area contributed by atoms with Crippen molar-refractivity contribution in [2.24, 2.45) is 0 Å². The van der Waals surface area contributed by atoms with Crippen molar-refractivity contribution in [2.75, 3.05) is 11.9 Å². The van der Waals surface area contributed by atoms with Gasteiger partial charge in [0.05, 0.1) is 0 Å². The van der Waals surface area contributed by atoms with Crippen LogP contribution in [-0.4, -0.2) is 16.7 Å². The zero-order chi connectivity index (χ0) is 10.6. The van der Waals surface area contributed by atoms with Crippen molar-refractivity contribution in [2.45, 2.75) is 6.42 Å². The second kappa shape index (κ2) is 5.39. The quantitative estimate of drug-likeness (QED) is 0.799. The maximum absolute atomic E-state index is 8.78. The standard InChI is InChI=1S/C9H9Cl2NOS/c10-6-3-7(11)5-8(4-6)12-2-1-9(13)14/h3-5,12H,1-2H2,(H,13,14). The normalized spacial score (nSPS) is 9.86. The van der Waals surface area contributed by atoms with Gasteiger partial charge in [0.2, 0.25) is 0 Å². The summed E-state index contributed by atoms with van der Waals surface area (Å²) in [5.41, 5.74) is 0.818. The summed E-state index contributed by atoms with van der Waals surface area (Å²) in [5, 5.41) is 13.0. The Morgan fingerprint density at radius 3 is 2.36 bits per heavy atom. The number of aliphatic hydroxyl groups excluding tert-OH is 1. The number of hydrogen-bond acceptors (Lipinski definition) is 2. The van der Waals surface area contributed by atoms with Crippen LogP contribution in [0.2, 0.25) is 10.0 Å². The van der Waals surface area contributed by atoms with Crippen molar-refractivity contribution in [1.82, 2.24) is 0 Å². The van der Waals surface area contributed by atoms with Gasteiger partial charge in [-0.3, -0.25) is 0 Å². The van der Waals surface area contributed by atoms with Crippen molar-refractivity contribution in [3.8, 4) is 0 Å². The third-order valence-corrected chi connectivity index (χ3v) is 2.17. The smallest absolute Gasteiger partial charge is 0.158 e. The first kappa shape index (κ1) is 11.6. The fraction of sp³-hybridized carbons (Fsp3) is 0.222. The summed E-state index contributed by atoms with van der Waals surface area (Å²) >= 11 is 16.1. The van der Waals surface area contributed by atoms with Gasteiger partial charge in [0.1, 0.15) is 0 Å². The Morgan fingerprint density at radius 1 is 1.29 bits per heavy atom. The highest BCUT2D eigenvalue weighted by Gasteiger charge is 1.98. The second-order valence-electron chi connectivity index (χ2n) is 2.73. The van der Waals surface area contributed by atoms with Crippen LogP contribution in [0.1, 0.15) is 6.42 Å². The number of nitrogens with one attached hydrogen (secondary N) is 1. The molecular formula is C9H9Cl2NOS.